The fourth-order valence-electron chi connectivity index (χ4n) is 1.48. The van der Waals surface area contributed by atoms with E-state index in [0.717, 1.165) is 0 Å². The Balaban J connectivity index is 2.86. The first kappa shape index (κ1) is 7.79. The van der Waals surface area contributed by atoms with E-state index in [1.807, 2.05) is 6.07 Å². The molecular weight excluding hydrogens is 168 g/mol. The highest BCUT2D eigenvalue weighted by Crippen LogP contribution is 2.25. The standard InChI is InChI=1S/C9H8N2O2/c1-7-6-10-5-3-2-4-8(10)9(7)11(12)13/h2-6H,1H3. The van der Waals surface area contributed by atoms with Crippen LogP contribution in [-0.4, -0.2) is 9.32 Å². The minimum Gasteiger partial charge on any atom is -0.318 e. The number of aromatic nitrogens is 1. The Morgan fingerprint density at radius 2 is 2.23 bits per heavy atom. The van der Waals surface area contributed by atoms with E-state index in [1.165, 1.54) is 0 Å². The highest BCUT2D eigenvalue weighted by molar-refractivity contribution is 5.69. The van der Waals surface area contributed by atoms with Gasteiger partial charge in [-0.3, -0.25) is 10.1 Å². The van der Waals surface area contributed by atoms with Gasteiger partial charge in [0.25, 0.3) is 5.69 Å². The van der Waals surface area contributed by atoms with Gasteiger partial charge in [-0.05, 0) is 19.1 Å². The predicted molar refractivity (Wildman–Crippen MR) is 48.8 cm³/mol. The Labute approximate surface area is 74.6 Å². The summed E-state index contributed by atoms with van der Waals surface area (Å²) in [5.74, 6) is 0. The lowest BCUT2D eigenvalue weighted by Gasteiger charge is -1.91. The summed E-state index contributed by atoms with van der Waals surface area (Å²) in [4.78, 5) is 10.3. The van der Waals surface area contributed by atoms with Gasteiger partial charge in [0.15, 0.2) is 0 Å². The molecule has 4 heteroatoms. The van der Waals surface area contributed by atoms with Crippen molar-refractivity contribution in [3.8, 4) is 0 Å². The summed E-state index contributed by atoms with van der Waals surface area (Å²) in [5.41, 5.74) is 1.53. The van der Waals surface area contributed by atoms with Crippen LogP contribution in [-0.2, 0) is 0 Å². The number of rotatable bonds is 1. The average Bonchev–Trinajstić information content (AvgIpc) is 2.39. The van der Waals surface area contributed by atoms with Gasteiger partial charge in [-0.2, -0.15) is 0 Å². The second-order valence-electron chi connectivity index (χ2n) is 2.91. The Kier molecular flexibility index (Phi) is 1.55. The maximum atomic E-state index is 10.7. The molecule has 2 heterocycles. The molecule has 0 saturated carbocycles. The molecule has 0 radical (unpaired) electrons. The first-order chi connectivity index (χ1) is 6.20. The molecule has 2 rings (SSSR count). The van der Waals surface area contributed by atoms with Gasteiger partial charge < -0.3 is 4.40 Å². The van der Waals surface area contributed by atoms with Crippen molar-refractivity contribution in [2.45, 2.75) is 6.92 Å². The lowest BCUT2D eigenvalue weighted by Crippen LogP contribution is -1.88. The van der Waals surface area contributed by atoms with E-state index < -0.39 is 0 Å². The molecule has 0 spiro atoms. The van der Waals surface area contributed by atoms with Crippen LogP contribution in [0.3, 0.4) is 0 Å². The Morgan fingerprint density at radius 1 is 1.46 bits per heavy atom. The summed E-state index contributed by atoms with van der Waals surface area (Å²) >= 11 is 0. The summed E-state index contributed by atoms with van der Waals surface area (Å²) in [5, 5.41) is 10.7. The molecule has 0 atom stereocenters. The van der Waals surface area contributed by atoms with Gasteiger partial charge >= 0.3 is 0 Å². The van der Waals surface area contributed by atoms with Crippen LogP contribution in [0.5, 0.6) is 0 Å². The van der Waals surface area contributed by atoms with Crippen molar-refractivity contribution in [1.29, 1.82) is 0 Å². The van der Waals surface area contributed by atoms with E-state index in [1.54, 1.807) is 35.9 Å². The molecule has 0 aliphatic heterocycles. The van der Waals surface area contributed by atoms with Gasteiger partial charge in [0.1, 0.15) is 5.52 Å². The van der Waals surface area contributed by atoms with Crippen molar-refractivity contribution in [3.05, 3.63) is 46.3 Å². The SMILES string of the molecule is Cc1cn2ccccc2c1[N+](=O)[O-]. The molecule has 0 aliphatic carbocycles. The molecule has 66 valence electrons. The normalized spacial score (nSPS) is 10.5. The van der Waals surface area contributed by atoms with Crippen LogP contribution in [0, 0.1) is 17.0 Å². The van der Waals surface area contributed by atoms with Gasteiger partial charge in [-0.25, -0.2) is 0 Å². The van der Waals surface area contributed by atoms with Crippen molar-refractivity contribution >= 4 is 11.2 Å². The molecule has 0 N–H and O–H groups in total. The minimum absolute atomic E-state index is 0.195. The number of aryl methyl sites for hydroxylation is 1. The number of hydrogen-bond donors (Lipinski definition) is 0. The number of nitrogens with zero attached hydrogens (tertiary/aromatic N) is 2. The zero-order valence-electron chi connectivity index (χ0n) is 7.10. The van der Waals surface area contributed by atoms with Gasteiger partial charge in [0.05, 0.1) is 4.92 Å². The highest BCUT2D eigenvalue weighted by atomic mass is 16.6. The number of pyridine rings is 1. The molecule has 4 nitrogen and oxygen atoms in total. The van der Waals surface area contributed by atoms with Crippen LogP contribution < -0.4 is 0 Å². The van der Waals surface area contributed by atoms with E-state index >= 15 is 0 Å². The molecule has 0 aliphatic rings. The van der Waals surface area contributed by atoms with Crippen LogP contribution in [0.15, 0.2) is 30.6 Å². The number of nitro groups is 1. The highest BCUT2D eigenvalue weighted by Gasteiger charge is 2.16. The molecular formula is C9H8N2O2. The third-order valence-corrected chi connectivity index (χ3v) is 2.02. The van der Waals surface area contributed by atoms with E-state index in [2.05, 4.69) is 0 Å². The van der Waals surface area contributed by atoms with Crippen molar-refractivity contribution in [2.75, 3.05) is 0 Å². The third-order valence-electron chi connectivity index (χ3n) is 2.02. The fourth-order valence-corrected chi connectivity index (χ4v) is 1.48. The third kappa shape index (κ3) is 1.07. The van der Waals surface area contributed by atoms with Crippen molar-refractivity contribution < 1.29 is 4.92 Å². The van der Waals surface area contributed by atoms with E-state index in [0.29, 0.717) is 11.1 Å². The van der Waals surface area contributed by atoms with Crippen molar-refractivity contribution in [2.24, 2.45) is 0 Å². The van der Waals surface area contributed by atoms with E-state index in [4.69, 9.17) is 0 Å². The number of fused-ring (bicyclic) bond motifs is 1. The van der Waals surface area contributed by atoms with Crippen LogP contribution in [0.4, 0.5) is 5.69 Å². The van der Waals surface area contributed by atoms with Crippen LogP contribution in [0.25, 0.3) is 5.52 Å². The molecule has 0 fully saturated rings. The Morgan fingerprint density at radius 3 is 2.92 bits per heavy atom. The molecule has 13 heavy (non-hydrogen) atoms. The minimum atomic E-state index is -0.343. The van der Waals surface area contributed by atoms with Gasteiger partial charge in [-0.1, -0.05) is 6.07 Å². The molecule has 0 aromatic carbocycles. The number of hydrogen-bond acceptors (Lipinski definition) is 2. The maximum absolute atomic E-state index is 10.7. The average molecular weight is 176 g/mol. The summed E-state index contributed by atoms with van der Waals surface area (Å²) in [6, 6.07) is 5.38. The zero-order valence-corrected chi connectivity index (χ0v) is 7.10. The molecule has 0 amide bonds. The lowest BCUT2D eigenvalue weighted by molar-refractivity contribution is -0.383. The zero-order chi connectivity index (χ0) is 9.42. The predicted octanol–water partition coefficient (Wildman–Crippen LogP) is 2.16. The van der Waals surface area contributed by atoms with Gasteiger partial charge in [0.2, 0.25) is 0 Å². The van der Waals surface area contributed by atoms with E-state index in [9.17, 15) is 10.1 Å². The summed E-state index contributed by atoms with van der Waals surface area (Å²) < 4.78 is 1.76. The first-order valence-corrected chi connectivity index (χ1v) is 3.91. The molecule has 2 aromatic heterocycles. The van der Waals surface area contributed by atoms with Gasteiger partial charge in [0, 0.05) is 18.0 Å². The Hall–Kier alpha value is -1.84. The van der Waals surface area contributed by atoms with Gasteiger partial charge in [-0.15, -0.1) is 0 Å². The molecule has 2 aromatic rings. The van der Waals surface area contributed by atoms with Crippen LogP contribution in [0.2, 0.25) is 0 Å². The first-order valence-electron chi connectivity index (χ1n) is 3.91. The largest absolute Gasteiger partial charge is 0.318 e. The maximum Gasteiger partial charge on any atom is 0.297 e. The van der Waals surface area contributed by atoms with Crippen LogP contribution in [0.1, 0.15) is 5.56 Å². The second kappa shape index (κ2) is 2.58. The second-order valence-corrected chi connectivity index (χ2v) is 2.91. The van der Waals surface area contributed by atoms with E-state index in [-0.39, 0.29) is 10.6 Å². The quantitative estimate of drug-likeness (QED) is 0.493. The molecule has 0 saturated heterocycles. The Bertz CT molecular complexity index is 473. The summed E-state index contributed by atoms with van der Waals surface area (Å²) in [7, 11) is 0. The van der Waals surface area contributed by atoms with Crippen molar-refractivity contribution in [1.82, 2.24) is 4.40 Å². The molecule has 0 bridgehead atoms. The summed E-state index contributed by atoms with van der Waals surface area (Å²) in [6.45, 7) is 1.74. The smallest absolute Gasteiger partial charge is 0.297 e. The lowest BCUT2D eigenvalue weighted by atomic mass is 10.3. The molecule has 0 unspecified atom stereocenters. The monoisotopic (exact) mass is 176 g/mol. The fraction of sp³-hybridized carbons (Fsp3) is 0.111. The van der Waals surface area contributed by atoms with Crippen LogP contribution >= 0.6 is 0 Å². The topological polar surface area (TPSA) is 47.5 Å². The summed E-state index contributed by atoms with van der Waals surface area (Å²) in [6.07, 6.45) is 3.56. The van der Waals surface area contributed by atoms with Crippen molar-refractivity contribution in [3.63, 3.8) is 0 Å².